The summed E-state index contributed by atoms with van der Waals surface area (Å²) in [5.41, 5.74) is -1.52. The van der Waals surface area contributed by atoms with Crippen LogP contribution in [0.5, 0.6) is 0 Å². The lowest BCUT2D eigenvalue weighted by Gasteiger charge is -2.28. The molecule has 0 bridgehead atoms. The molecular formula is C20H22N4O7S. The van der Waals surface area contributed by atoms with Gasteiger partial charge in [0.05, 0.1) is 34.7 Å². The Hall–Kier alpha value is -3.51. The molecular weight excluding hydrogens is 440 g/mol. The Morgan fingerprint density at radius 3 is 2.38 bits per heavy atom. The van der Waals surface area contributed by atoms with Gasteiger partial charge in [0, 0.05) is 12.1 Å². The number of amides is 3. The number of carbonyl (C=O) groups excluding carboxylic acids is 2. The van der Waals surface area contributed by atoms with Gasteiger partial charge in [-0.3, -0.25) is 24.1 Å². The number of rotatable bonds is 8. The van der Waals surface area contributed by atoms with Gasteiger partial charge in [0.2, 0.25) is 0 Å². The molecule has 2 N–H and O–H groups in total. The van der Waals surface area contributed by atoms with Gasteiger partial charge in [-0.15, -0.1) is 0 Å². The highest BCUT2D eigenvalue weighted by Crippen LogP contribution is 2.27. The van der Waals surface area contributed by atoms with Crippen LogP contribution in [0.15, 0.2) is 59.5 Å². The van der Waals surface area contributed by atoms with Crippen LogP contribution < -0.4 is 9.62 Å². The van der Waals surface area contributed by atoms with Crippen LogP contribution in [0.4, 0.5) is 16.2 Å². The zero-order valence-electron chi connectivity index (χ0n) is 17.3. The first kappa shape index (κ1) is 23.2. The van der Waals surface area contributed by atoms with Crippen molar-refractivity contribution in [2.75, 3.05) is 17.4 Å². The quantitative estimate of drug-likeness (QED) is 0.343. The first-order valence-corrected chi connectivity index (χ1v) is 11.0. The maximum absolute atomic E-state index is 13.3. The van der Waals surface area contributed by atoms with E-state index in [2.05, 4.69) is 5.32 Å². The van der Waals surface area contributed by atoms with Crippen LogP contribution in [0.3, 0.4) is 0 Å². The molecule has 0 radical (unpaired) electrons. The first-order chi connectivity index (χ1) is 14.9. The third-order valence-corrected chi connectivity index (χ3v) is 6.68. The lowest BCUT2D eigenvalue weighted by Crippen LogP contribution is -2.45. The minimum Gasteiger partial charge on any atom is -0.389 e. The monoisotopic (exact) mass is 462 g/mol. The summed E-state index contributed by atoms with van der Waals surface area (Å²) < 4.78 is 27.4. The second kappa shape index (κ2) is 8.55. The molecule has 3 amide bonds. The number of nitrogens with one attached hydrogen (secondary N) is 1. The average molecular weight is 462 g/mol. The van der Waals surface area contributed by atoms with Gasteiger partial charge in [-0.25, -0.2) is 13.2 Å². The molecule has 2 aromatic carbocycles. The molecule has 12 heteroatoms. The molecule has 0 unspecified atom stereocenters. The second-order valence-corrected chi connectivity index (χ2v) is 9.61. The van der Waals surface area contributed by atoms with E-state index < -0.39 is 51.6 Å². The molecule has 1 aliphatic heterocycles. The predicted molar refractivity (Wildman–Crippen MR) is 114 cm³/mol. The highest BCUT2D eigenvalue weighted by Gasteiger charge is 2.45. The van der Waals surface area contributed by atoms with Crippen molar-refractivity contribution in [1.82, 2.24) is 10.2 Å². The third-order valence-electron chi connectivity index (χ3n) is 4.87. The molecule has 3 rings (SSSR count). The fraction of sp³-hybridized carbons (Fsp3) is 0.300. The van der Waals surface area contributed by atoms with E-state index in [1.807, 2.05) is 0 Å². The van der Waals surface area contributed by atoms with Crippen molar-refractivity contribution in [1.29, 1.82) is 0 Å². The minimum absolute atomic E-state index is 0.0420. The van der Waals surface area contributed by atoms with Crippen molar-refractivity contribution in [3.63, 3.8) is 0 Å². The van der Waals surface area contributed by atoms with Gasteiger partial charge in [0.15, 0.2) is 0 Å². The van der Waals surface area contributed by atoms with Crippen LogP contribution in [0.1, 0.15) is 13.8 Å². The van der Waals surface area contributed by atoms with Gasteiger partial charge < -0.3 is 10.4 Å². The molecule has 1 saturated heterocycles. The Labute approximate surface area is 184 Å². The van der Waals surface area contributed by atoms with Crippen molar-refractivity contribution < 1.29 is 28.0 Å². The minimum atomic E-state index is -4.23. The van der Waals surface area contributed by atoms with Gasteiger partial charge in [0.25, 0.3) is 21.6 Å². The maximum atomic E-state index is 13.3. The Kier molecular flexibility index (Phi) is 6.19. The molecule has 0 aliphatic carbocycles. The fourth-order valence-electron chi connectivity index (χ4n) is 3.27. The molecule has 0 aromatic heterocycles. The SMILES string of the molecule is CC1(C)NC(=O)N(C[C@H](O)CN(c2cccc([N+](=O)[O-])c2)S(=O)(=O)c2ccccc2)C1=O. The first-order valence-electron chi connectivity index (χ1n) is 9.58. The predicted octanol–water partition coefficient (Wildman–Crippen LogP) is 1.48. The Morgan fingerprint density at radius 2 is 1.81 bits per heavy atom. The topological polar surface area (TPSA) is 150 Å². The summed E-state index contributed by atoms with van der Waals surface area (Å²) in [7, 11) is -4.23. The average Bonchev–Trinajstić information content (AvgIpc) is 2.94. The summed E-state index contributed by atoms with van der Waals surface area (Å²) >= 11 is 0. The van der Waals surface area contributed by atoms with E-state index in [1.54, 1.807) is 6.07 Å². The van der Waals surface area contributed by atoms with E-state index in [9.17, 15) is 33.2 Å². The lowest BCUT2D eigenvalue weighted by molar-refractivity contribution is -0.384. The molecule has 0 saturated carbocycles. The van der Waals surface area contributed by atoms with Gasteiger partial charge in [-0.05, 0) is 32.0 Å². The number of benzene rings is 2. The van der Waals surface area contributed by atoms with Crippen LogP contribution >= 0.6 is 0 Å². The van der Waals surface area contributed by atoms with Crippen LogP contribution in [-0.2, 0) is 14.8 Å². The number of sulfonamides is 1. The number of carbonyl (C=O) groups is 2. The highest BCUT2D eigenvalue weighted by atomic mass is 32.2. The molecule has 32 heavy (non-hydrogen) atoms. The van der Waals surface area contributed by atoms with E-state index in [0.717, 1.165) is 15.3 Å². The molecule has 1 atom stereocenters. The number of nitro groups is 1. The number of nitro benzene ring substituents is 1. The number of urea groups is 1. The van der Waals surface area contributed by atoms with E-state index in [-0.39, 0.29) is 16.3 Å². The Bertz CT molecular complexity index is 1150. The van der Waals surface area contributed by atoms with Gasteiger partial charge in [-0.1, -0.05) is 24.3 Å². The summed E-state index contributed by atoms with van der Waals surface area (Å²) in [6.45, 7) is 2.02. The lowest BCUT2D eigenvalue weighted by atomic mass is 10.1. The summed E-state index contributed by atoms with van der Waals surface area (Å²) in [4.78, 5) is 35.7. The molecule has 1 aliphatic rings. The number of β-amino-alcohol motifs (C(OH)–C–C–N with tert-alkyl or cyclic N) is 1. The molecule has 0 spiro atoms. The van der Waals surface area contributed by atoms with E-state index in [4.69, 9.17) is 0 Å². The van der Waals surface area contributed by atoms with E-state index in [1.165, 1.54) is 56.3 Å². The van der Waals surface area contributed by atoms with Gasteiger partial charge in [-0.2, -0.15) is 0 Å². The van der Waals surface area contributed by atoms with Crippen LogP contribution in [-0.4, -0.2) is 60.0 Å². The number of hydrogen-bond acceptors (Lipinski definition) is 7. The highest BCUT2D eigenvalue weighted by molar-refractivity contribution is 7.92. The maximum Gasteiger partial charge on any atom is 0.325 e. The van der Waals surface area contributed by atoms with E-state index in [0.29, 0.717) is 0 Å². The van der Waals surface area contributed by atoms with Crippen LogP contribution in [0.25, 0.3) is 0 Å². The molecule has 2 aromatic rings. The van der Waals surface area contributed by atoms with Gasteiger partial charge >= 0.3 is 6.03 Å². The van der Waals surface area contributed by atoms with Gasteiger partial charge in [0.1, 0.15) is 5.54 Å². The summed E-state index contributed by atoms with van der Waals surface area (Å²) in [6, 6.07) is 11.6. The normalized spacial score (nSPS) is 16.5. The van der Waals surface area contributed by atoms with Crippen molar-refractivity contribution >= 4 is 33.3 Å². The number of aliphatic hydroxyl groups is 1. The number of aliphatic hydroxyl groups excluding tert-OH is 1. The Morgan fingerprint density at radius 1 is 1.16 bits per heavy atom. The van der Waals surface area contributed by atoms with Crippen LogP contribution in [0, 0.1) is 10.1 Å². The van der Waals surface area contributed by atoms with Crippen molar-refractivity contribution in [2.45, 2.75) is 30.4 Å². The zero-order valence-corrected chi connectivity index (χ0v) is 18.2. The smallest absolute Gasteiger partial charge is 0.325 e. The number of nitrogens with zero attached hydrogens (tertiary/aromatic N) is 3. The number of hydrogen-bond donors (Lipinski definition) is 2. The van der Waals surface area contributed by atoms with Crippen molar-refractivity contribution in [3.8, 4) is 0 Å². The second-order valence-electron chi connectivity index (χ2n) is 7.75. The van der Waals surface area contributed by atoms with Crippen molar-refractivity contribution in [2.24, 2.45) is 0 Å². The van der Waals surface area contributed by atoms with E-state index >= 15 is 0 Å². The van der Waals surface area contributed by atoms with Crippen LogP contribution in [0.2, 0.25) is 0 Å². The number of imide groups is 1. The number of anilines is 1. The Balaban J connectivity index is 1.95. The number of non-ortho nitro benzene ring substituents is 1. The zero-order chi connectivity index (χ0) is 23.7. The fourth-order valence-corrected chi connectivity index (χ4v) is 4.78. The summed E-state index contributed by atoms with van der Waals surface area (Å²) in [6.07, 6.45) is -1.46. The van der Waals surface area contributed by atoms with Crippen molar-refractivity contribution in [3.05, 3.63) is 64.7 Å². The molecule has 1 fully saturated rings. The molecule has 11 nitrogen and oxygen atoms in total. The molecule has 1 heterocycles. The summed E-state index contributed by atoms with van der Waals surface area (Å²) in [5, 5.41) is 24.3. The standard InChI is InChI=1S/C20H22N4O7S/c1-20(2)18(26)22(19(27)21-20)12-16(25)13-23(14-7-6-8-15(11-14)24(28)29)32(30,31)17-9-4-3-5-10-17/h3-11,16,25H,12-13H2,1-2H3,(H,21,27)/t16-/m0/s1. The molecule has 170 valence electrons. The largest absolute Gasteiger partial charge is 0.389 e. The summed E-state index contributed by atoms with van der Waals surface area (Å²) in [5.74, 6) is -0.561. The third kappa shape index (κ3) is 4.55.